The SMILES string of the molecule is COC(=O)c1ccc([C@H](C)NC(=O)C2(N3CC[C@@H](Oc4cccc(Cl)c4)C3)CC2)cc1. The van der Waals surface area contributed by atoms with E-state index < -0.39 is 5.54 Å². The van der Waals surface area contributed by atoms with Crippen molar-refractivity contribution in [1.29, 1.82) is 0 Å². The van der Waals surface area contributed by atoms with Crippen LogP contribution in [-0.4, -0.2) is 48.6 Å². The van der Waals surface area contributed by atoms with Gasteiger partial charge in [0.05, 0.1) is 18.7 Å². The Morgan fingerprint density at radius 3 is 2.58 bits per heavy atom. The third kappa shape index (κ3) is 4.70. The molecule has 2 aromatic rings. The maximum atomic E-state index is 13.1. The van der Waals surface area contributed by atoms with E-state index in [1.54, 1.807) is 12.1 Å². The lowest BCUT2D eigenvalue weighted by atomic mass is 10.1. The van der Waals surface area contributed by atoms with E-state index in [-0.39, 0.29) is 24.0 Å². The topological polar surface area (TPSA) is 67.9 Å². The second-order valence-electron chi connectivity index (χ2n) is 8.27. The highest BCUT2D eigenvalue weighted by molar-refractivity contribution is 6.30. The van der Waals surface area contributed by atoms with Gasteiger partial charge >= 0.3 is 5.97 Å². The van der Waals surface area contributed by atoms with Crippen molar-refractivity contribution in [3.8, 4) is 5.75 Å². The van der Waals surface area contributed by atoms with Crippen molar-refractivity contribution in [2.45, 2.75) is 43.9 Å². The molecule has 1 saturated carbocycles. The lowest BCUT2D eigenvalue weighted by molar-refractivity contribution is -0.128. The summed E-state index contributed by atoms with van der Waals surface area (Å²) in [6, 6.07) is 14.4. The molecule has 1 heterocycles. The van der Waals surface area contributed by atoms with Gasteiger partial charge in [0.15, 0.2) is 0 Å². The Labute approximate surface area is 187 Å². The summed E-state index contributed by atoms with van der Waals surface area (Å²) in [5, 5.41) is 3.81. The van der Waals surface area contributed by atoms with Gasteiger partial charge in [-0.2, -0.15) is 0 Å². The molecule has 2 aliphatic rings. The molecule has 1 aliphatic heterocycles. The molecule has 164 valence electrons. The van der Waals surface area contributed by atoms with Gasteiger partial charge < -0.3 is 14.8 Å². The molecule has 1 aliphatic carbocycles. The van der Waals surface area contributed by atoms with Crippen LogP contribution in [0.3, 0.4) is 0 Å². The zero-order valence-corrected chi connectivity index (χ0v) is 18.5. The number of carbonyl (C=O) groups is 2. The molecular formula is C24H27ClN2O4. The van der Waals surface area contributed by atoms with E-state index in [2.05, 4.69) is 10.2 Å². The number of nitrogens with one attached hydrogen (secondary N) is 1. The van der Waals surface area contributed by atoms with E-state index in [9.17, 15) is 9.59 Å². The average molecular weight is 443 g/mol. The number of benzene rings is 2. The molecule has 1 amide bonds. The van der Waals surface area contributed by atoms with Crippen LogP contribution in [0.2, 0.25) is 5.02 Å². The second-order valence-corrected chi connectivity index (χ2v) is 8.71. The van der Waals surface area contributed by atoms with Crippen molar-refractivity contribution in [3.63, 3.8) is 0 Å². The monoisotopic (exact) mass is 442 g/mol. The van der Waals surface area contributed by atoms with Gasteiger partial charge in [0.25, 0.3) is 0 Å². The largest absolute Gasteiger partial charge is 0.489 e. The van der Waals surface area contributed by atoms with Gasteiger partial charge in [-0.3, -0.25) is 9.69 Å². The van der Waals surface area contributed by atoms with Crippen LogP contribution < -0.4 is 10.1 Å². The van der Waals surface area contributed by atoms with Gasteiger partial charge in [-0.05, 0) is 62.1 Å². The van der Waals surface area contributed by atoms with E-state index in [0.29, 0.717) is 10.6 Å². The summed E-state index contributed by atoms with van der Waals surface area (Å²) in [5.74, 6) is 0.446. The lowest BCUT2D eigenvalue weighted by Crippen LogP contribution is -2.49. The summed E-state index contributed by atoms with van der Waals surface area (Å²) >= 11 is 6.05. The van der Waals surface area contributed by atoms with Gasteiger partial charge in [0.2, 0.25) is 5.91 Å². The Bertz CT molecular complexity index is 958. The third-order valence-corrected chi connectivity index (χ3v) is 6.41. The molecule has 7 heteroatoms. The minimum Gasteiger partial charge on any atom is -0.489 e. The first-order chi connectivity index (χ1) is 14.9. The number of nitrogens with zero attached hydrogens (tertiary/aromatic N) is 1. The van der Waals surface area contributed by atoms with E-state index in [0.717, 1.165) is 43.7 Å². The molecule has 31 heavy (non-hydrogen) atoms. The summed E-state index contributed by atoms with van der Waals surface area (Å²) in [7, 11) is 1.36. The maximum Gasteiger partial charge on any atom is 0.337 e. The van der Waals surface area contributed by atoms with E-state index in [1.807, 2.05) is 43.3 Å². The summed E-state index contributed by atoms with van der Waals surface area (Å²) in [6.07, 6.45) is 2.64. The zero-order chi connectivity index (χ0) is 22.0. The molecule has 0 unspecified atom stereocenters. The fourth-order valence-electron chi connectivity index (χ4n) is 4.19. The molecule has 1 saturated heterocycles. The van der Waals surface area contributed by atoms with Crippen molar-refractivity contribution in [2.24, 2.45) is 0 Å². The highest BCUT2D eigenvalue weighted by Gasteiger charge is 2.56. The van der Waals surface area contributed by atoms with Gasteiger partial charge in [-0.15, -0.1) is 0 Å². The number of methoxy groups -OCH3 is 1. The van der Waals surface area contributed by atoms with Crippen LogP contribution >= 0.6 is 11.6 Å². The quantitative estimate of drug-likeness (QED) is 0.657. The Morgan fingerprint density at radius 2 is 1.94 bits per heavy atom. The molecule has 0 spiro atoms. The summed E-state index contributed by atoms with van der Waals surface area (Å²) in [4.78, 5) is 27.0. The Kier molecular flexibility index (Phi) is 6.21. The van der Waals surface area contributed by atoms with Crippen LogP contribution in [0.25, 0.3) is 0 Å². The highest BCUT2D eigenvalue weighted by Crippen LogP contribution is 2.44. The first-order valence-corrected chi connectivity index (χ1v) is 11.0. The van der Waals surface area contributed by atoms with E-state index in [4.69, 9.17) is 21.1 Å². The highest BCUT2D eigenvalue weighted by atomic mass is 35.5. The van der Waals surface area contributed by atoms with Gasteiger partial charge in [0, 0.05) is 18.1 Å². The van der Waals surface area contributed by atoms with Crippen molar-refractivity contribution in [3.05, 3.63) is 64.7 Å². The predicted molar refractivity (Wildman–Crippen MR) is 118 cm³/mol. The minimum absolute atomic E-state index is 0.0482. The molecule has 0 aromatic heterocycles. The third-order valence-electron chi connectivity index (χ3n) is 6.17. The lowest BCUT2D eigenvalue weighted by Gasteiger charge is -2.28. The standard InChI is InChI=1S/C24H27ClN2O4/c1-16(17-6-8-18(9-7-17)22(28)30-2)26-23(29)24(11-12-24)27-13-10-21(15-27)31-20-5-3-4-19(25)14-20/h3-9,14,16,21H,10-13,15H2,1-2H3,(H,26,29)/t16-,21+/m0/s1. The van der Waals surface area contributed by atoms with Gasteiger partial charge in [-0.1, -0.05) is 29.8 Å². The predicted octanol–water partition coefficient (Wildman–Crippen LogP) is 3.99. The number of likely N-dealkylation sites (tertiary alicyclic amines) is 1. The molecule has 2 atom stereocenters. The molecule has 1 N–H and O–H groups in total. The molecule has 2 aromatic carbocycles. The fourth-order valence-corrected chi connectivity index (χ4v) is 4.37. The first-order valence-electron chi connectivity index (χ1n) is 10.6. The smallest absolute Gasteiger partial charge is 0.337 e. The van der Waals surface area contributed by atoms with Crippen LogP contribution in [0.5, 0.6) is 5.75 Å². The average Bonchev–Trinajstić information content (AvgIpc) is 3.46. The van der Waals surface area contributed by atoms with Gasteiger partial charge in [-0.25, -0.2) is 4.79 Å². The maximum absolute atomic E-state index is 13.1. The van der Waals surface area contributed by atoms with Crippen LogP contribution in [-0.2, 0) is 9.53 Å². The van der Waals surface area contributed by atoms with Crippen molar-refractivity contribution in [2.75, 3.05) is 20.2 Å². The number of hydrogen-bond acceptors (Lipinski definition) is 5. The summed E-state index contributed by atoms with van der Waals surface area (Å²) < 4.78 is 10.8. The number of carbonyl (C=O) groups excluding carboxylic acids is 2. The Hall–Kier alpha value is -2.57. The van der Waals surface area contributed by atoms with Crippen LogP contribution in [0.4, 0.5) is 0 Å². The zero-order valence-electron chi connectivity index (χ0n) is 17.8. The van der Waals surface area contributed by atoms with Crippen molar-refractivity contribution < 1.29 is 19.1 Å². The minimum atomic E-state index is -0.438. The number of esters is 1. The van der Waals surface area contributed by atoms with Crippen molar-refractivity contribution >= 4 is 23.5 Å². The van der Waals surface area contributed by atoms with Crippen LogP contribution in [0.1, 0.15) is 48.1 Å². The first kappa shape index (κ1) is 21.7. The van der Waals surface area contributed by atoms with Crippen molar-refractivity contribution in [1.82, 2.24) is 10.2 Å². The summed E-state index contributed by atoms with van der Waals surface area (Å²) in [5.41, 5.74) is 0.999. The number of hydrogen-bond donors (Lipinski definition) is 1. The molecule has 0 bridgehead atoms. The molecule has 2 fully saturated rings. The molecule has 0 radical (unpaired) electrons. The second kappa shape index (κ2) is 8.89. The number of amides is 1. The van der Waals surface area contributed by atoms with Crippen LogP contribution in [0.15, 0.2) is 48.5 Å². The molecule has 4 rings (SSSR count). The molecular weight excluding hydrogens is 416 g/mol. The Morgan fingerprint density at radius 1 is 1.19 bits per heavy atom. The van der Waals surface area contributed by atoms with E-state index >= 15 is 0 Å². The number of halogens is 1. The Balaban J connectivity index is 1.35. The molecule has 6 nitrogen and oxygen atoms in total. The van der Waals surface area contributed by atoms with E-state index in [1.165, 1.54) is 7.11 Å². The fraction of sp³-hybridized carbons (Fsp3) is 0.417. The van der Waals surface area contributed by atoms with Gasteiger partial charge in [0.1, 0.15) is 17.4 Å². The summed E-state index contributed by atoms with van der Waals surface area (Å²) in [6.45, 7) is 3.51. The number of rotatable bonds is 7. The normalized spacial score (nSPS) is 20.7. The number of ether oxygens (including phenoxy) is 2. The van der Waals surface area contributed by atoms with Crippen LogP contribution in [0, 0.1) is 0 Å².